The number of rotatable bonds is 11. The molecule has 1 saturated carbocycles. The molecule has 2 amide bonds. The van der Waals surface area contributed by atoms with E-state index in [1.165, 1.54) is 0 Å². The molecule has 1 fully saturated rings. The minimum absolute atomic E-state index is 0.0872. The van der Waals surface area contributed by atoms with Crippen LogP contribution in [0.25, 0.3) is 0 Å². The molecular weight excluding hydrogens is 374 g/mol. The van der Waals surface area contributed by atoms with E-state index in [9.17, 15) is 19.5 Å². The summed E-state index contributed by atoms with van der Waals surface area (Å²) in [6.45, 7) is 0.778. The Balaban J connectivity index is 2.05. The lowest BCUT2D eigenvalue weighted by Gasteiger charge is -2.37. The summed E-state index contributed by atoms with van der Waals surface area (Å²) < 4.78 is 0. The Morgan fingerprint density at radius 2 is 1.79 bits per heavy atom. The van der Waals surface area contributed by atoms with Gasteiger partial charge in [0.05, 0.1) is 6.61 Å². The van der Waals surface area contributed by atoms with Crippen LogP contribution in [0.5, 0.6) is 0 Å². The smallest absolute Gasteiger partial charge is 0.319 e. The predicted octanol–water partition coefficient (Wildman–Crippen LogP) is 1.59. The van der Waals surface area contributed by atoms with Gasteiger partial charge in [0, 0.05) is 5.69 Å². The molecule has 0 bridgehead atoms. The topological polar surface area (TPSA) is 119 Å². The SMILES string of the molecule is CN(C)CCCCC(NC(=O)C1(C(=O)O)CCC1)C(=O)Nc1ccc(CO)cc1. The Kier molecular flexibility index (Phi) is 8.16. The van der Waals surface area contributed by atoms with Crippen molar-refractivity contribution in [3.05, 3.63) is 29.8 Å². The highest BCUT2D eigenvalue weighted by atomic mass is 16.4. The minimum Gasteiger partial charge on any atom is -0.480 e. The Hall–Kier alpha value is -2.45. The molecular formula is C21H31N3O5. The van der Waals surface area contributed by atoms with Crippen molar-refractivity contribution in [2.45, 2.75) is 51.2 Å². The molecule has 2 rings (SSSR count). The van der Waals surface area contributed by atoms with Crippen LogP contribution in [0, 0.1) is 5.41 Å². The third kappa shape index (κ3) is 6.01. The lowest BCUT2D eigenvalue weighted by Crippen LogP contribution is -2.55. The molecule has 0 spiro atoms. The van der Waals surface area contributed by atoms with Crippen LogP contribution < -0.4 is 10.6 Å². The quantitative estimate of drug-likeness (QED) is 0.328. The van der Waals surface area contributed by atoms with Gasteiger partial charge in [-0.15, -0.1) is 0 Å². The molecule has 1 aromatic carbocycles. The molecule has 4 N–H and O–H groups in total. The third-order valence-electron chi connectivity index (χ3n) is 5.43. The second kappa shape index (κ2) is 10.4. The van der Waals surface area contributed by atoms with Crippen molar-refractivity contribution in [1.82, 2.24) is 10.2 Å². The third-order valence-corrected chi connectivity index (χ3v) is 5.43. The number of anilines is 1. The van der Waals surface area contributed by atoms with E-state index >= 15 is 0 Å². The van der Waals surface area contributed by atoms with Crippen LogP contribution in [0.2, 0.25) is 0 Å². The fourth-order valence-electron chi connectivity index (χ4n) is 3.33. The lowest BCUT2D eigenvalue weighted by molar-refractivity contribution is -0.162. The first-order chi connectivity index (χ1) is 13.8. The number of carboxylic acid groups (broad SMARTS) is 1. The van der Waals surface area contributed by atoms with E-state index in [-0.39, 0.29) is 12.5 Å². The summed E-state index contributed by atoms with van der Waals surface area (Å²) in [5, 5.41) is 24.1. The number of aliphatic hydroxyl groups is 1. The van der Waals surface area contributed by atoms with E-state index in [1.807, 2.05) is 19.0 Å². The molecule has 0 saturated heterocycles. The number of hydrogen-bond acceptors (Lipinski definition) is 5. The molecule has 0 aliphatic heterocycles. The van der Waals surface area contributed by atoms with Crippen LogP contribution in [0.3, 0.4) is 0 Å². The molecule has 1 aliphatic carbocycles. The van der Waals surface area contributed by atoms with Crippen LogP contribution >= 0.6 is 0 Å². The number of carbonyl (C=O) groups excluding carboxylic acids is 2. The van der Waals surface area contributed by atoms with Gasteiger partial charge in [-0.2, -0.15) is 0 Å². The Bertz CT molecular complexity index is 714. The average molecular weight is 405 g/mol. The minimum atomic E-state index is -1.41. The Labute approximate surface area is 171 Å². The summed E-state index contributed by atoms with van der Waals surface area (Å²) in [5.41, 5.74) is -0.133. The highest BCUT2D eigenvalue weighted by Gasteiger charge is 2.51. The van der Waals surface area contributed by atoms with Gasteiger partial charge in [-0.25, -0.2) is 0 Å². The number of nitrogens with zero attached hydrogens (tertiary/aromatic N) is 1. The van der Waals surface area contributed by atoms with Crippen LogP contribution in [-0.4, -0.2) is 59.6 Å². The van der Waals surface area contributed by atoms with Gasteiger partial charge in [0.15, 0.2) is 0 Å². The van der Waals surface area contributed by atoms with Gasteiger partial charge in [0.1, 0.15) is 11.5 Å². The van der Waals surface area contributed by atoms with E-state index in [0.29, 0.717) is 31.4 Å². The largest absolute Gasteiger partial charge is 0.480 e. The van der Waals surface area contributed by atoms with E-state index in [1.54, 1.807) is 24.3 Å². The Morgan fingerprint density at radius 1 is 1.14 bits per heavy atom. The second-order valence-electron chi connectivity index (χ2n) is 7.91. The number of aliphatic carboxylic acids is 1. The summed E-state index contributed by atoms with van der Waals surface area (Å²) >= 11 is 0. The average Bonchev–Trinajstić information content (AvgIpc) is 2.63. The molecule has 1 aliphatic rings. The van der Waals surface area contributed by atoms with Crippen LogP contribution in [-0.2, 0) is 21.0 Å². The molecule has 1 unspecified atom stereocenters. The number of hydrogen-bond donors (Lipinski definition) is 4. The number of unbranched alkanes of at least 4 members (excludes halogenated alkanes) is 1. The second-order valence-corrected chi connectivity index (χ2v) is 7.91. The molecule has 0 heterocycles. The number of nitrogens with one attached hydrogen (secondary N) is 2. The highest BCUT2D eigenvalue weighted by molar-refractivity contribution is 6.05. The number of aliphatic hydroxyl groups excluding tert-OH is 1. The summed E-state index contributed by atoms with van der Waals surface area (Å²) in [4.78, 5) is 39.1. The number of carbonyl (C=O) groups is 3. The number of benzene rings is 1. The maximum Gasteiger partial charge on any atom is 0.319 e. The fraction of sp³-hybridized carbons (Fsp3) is 0.571. The standard InChI is InChI=1S/C21H31N3O5/c1-24(2)13-4-3-6-17(23-19(27)21(20(28)29)11-5-12-21)18(26)22-16-9-7-15(14-25)8-10-16/h7-10,17,25H,3-6,11-14H2,1-2H3,(H,22,26)(H,23,27)(H,28,29). The molecule has 8 nitrogen and oxygen atoms in total. The van der Waals surface area contributed by atoms with Crippen molar-refractivity contribution in [2.75, 3.05) is 26.0 Å². The number of carboxylic acids is 1. The van der Waals surface area contributed by atoms with Gasteiger partial charge in [0.25, 0.3) is 0 Å². The van der Waals surface area contributed by atoms with Gasteiger partial charge < -0.3 is 25.7 Å². The first-order valence-corrected chi connectivity index (χ1v) is 9.98. The predicted molar refractivity (Wildman–Crippen MR) is 109 cm³/mol. The van der Waals surface area contributed by atoms with Gasteiger partial charge in [-0.05, 0) is 70.4 Å². The molecule has 0 aromatic heterocycles. The summed E-state index contributed by atoms with van der Waals surface area (Å²) in [6, 6.07) is 5.96. The van der Waals surface area contributed by atoms with Gasteiger partial charge >= 0.3 is 5.97 Å². The molecule has 160 valence electrons. The van der Waals surface area contributed by atoms with Crippen LogP contribution in [0.1, 0.15) is 44.1 Å². The van der Waals surface area contributed by atoms with E-state index in [0.717, 1.165) is 24.9 Å². The van der Waals surface area contributed by atoms with Crippen molar-refractivity contribution >= 4 is 23.5 Å². The zero-order chi connectivity index (χ0) is 21.4. The summed E-state index contributed by atoms with van der Waals surface area (Å²) in [7, 11) is 3.93. The maximum absolute atomic E-state index is 12.8. The highest BCUT2D eigenvalue weighted by Crippen LogP contribution is 2.41. The van der Waals surface area contributed by atoms with E-state index < -0.39 is 23.3 Å². The van der Waals surface area contributed by atoms with Crippen molar-refractivity contribution in [3.63, 3.8) is 0 Å². The number of amides is 2. The van der Waals surface area contributed by atoms with Crippen molar-refractivity contribution in [2.24, 2.45) is 5.41 Å². The van der Waals surface area contributed by atoms with Gasteiger partial charge in [-0.1, -0.05) is 18.6 Å². The van der Waals surface area contributed by atoms with Gasteiger partial charge in [-0.3, -0.25) is 14.4 Å². The molecule has 29 heavy (non-hydrogen) atoms. The zero-order valence-corrected chi connectivity index (χ0v) is 17.1. The van der Waals surface area contributed by atoms with Crippen molar-refractivity contribution in [1.29, 1.82) is 0 Å². The molecule has 8 heteroatoms. The molecule has 1 aromatic rings. The monoisotopic (exact) mass is 405 g/mol. The Morgan fingerprint density at radius 3 is 2.28 bits per heavy atom. The summed E-state index contributed by atoms with van der Waals surface area (Å²) in [6.07, 6.45) is 3.30. The first kappa shape index (κ1) is 22.8. The van der Waals surface area contributed by atoms with Crippen LogP contribution in [0.4, 0.5) is 5.69 Å². The first-order valence-electron chi connectivity index (χ1n) is 9.98. The zero-order valence-electron chi connectivity index (χ0n) is 17.1. The van der Waals surface area contributed by atoms with E-state index in [4.69, 9.17) is 5.11 Å². The fourth-order valence-corrected chi connectivity index (χ4v) is 3.33. The lowest BCUT2D eigenvalue weighted by atomic mass is 9.68. The summed E-state index contributed by atoms with van der Waals surface area (Å²) in [5.74, 6) is -2.09. The normalized spacial score (nSPS) is 16.0. The van der Waals surface area contributed by atoms with E-state index in [2.05, 4.69) is 10.6 Å². The van der Waals surface area contributed by atoms with Gasteiger partial charge in [0.2, 0.25) is 11.8 Å². The van der Waals surface area contributed by atoms with Crippen molar-refractivity contribution < 1.29 is 24.6 Å². The molecule has 1 atom stereocenters. The van der Waals surface area contributed by atoms with Crippen molar-refractivity contribution in [3.8, 4) is 0 Å². The van der Waals surface area contributed by atoms with Crippen LogP contribution in [0.15, 0.2) is 24.3 Å². The molecule has 0 radical (unpaired) electrons. The maximum atomic E-state index is 12.8.